The largest absolute Gasteiger partial charge is 0.469 e. The van der Waals surface area contributed by atoms with Gasteiger partial charge in [0.05, 0.1) is 18.4 Å². The van der Waals surface area contributed by atoms with Gasteiger partial charge < -0.3 is 9.64 Å². The number of hydrazone groups is 1. The van der Waals surface area contributed by atoms with E-state index < -0.39 is 17.7 Å². The van der Waals surface area contributed by atoms with E-state index in [2.05, 4.69) is 15.3 Å². The predicted molar refractivity (Wildman–Crippen MR) is 98.8 cm³/mol. The van der Waals surface area contributed by atoms with Gasteiger partial charge in [0.2, 0.25) is 0 Å². The smallest absolute Gasteiger partial charge is 0.416 e. The van der Waals surface area contributed by atoms with E-state index in [0.717, 1.165) is 31.4 Å². The number of carbonyl (C=O) groups excluding carboxylic acids is 2. The van der Waals surface area contributed by atoms with E-state index in [0.29, 0.717) is 19.5 Å². The Morgan fingerprint density at radius 2 is 1.89 bits per heavy atom. The molecule has 0 atom stereocenters. The molecule has 1 fully saturated rings. The summed E-state index contributed by atoms with van der Waals surface area (Å²) in [5.74, 6) is -0.474. The molecule has 1 aliphatic heterocycles. The van der Waals surface area contributed by atoms with E-state index in [4.69, 9.17) is 0 Å². The molecule has 6 nitrogen and oxygen atoms in total. The fourth-order valence-electron chi connectivity index (χ4n) is 2.90. The number of alkyl halides is 3. The Balaban J connectivity index is 2.12. The van der Waals surface area contributed by atoms with Crippen molar-refractivity contribution < 1.29 is 27.5 Å². The number of benzene rings is 1. The first-order chi connectivity index (χ1) is 13.3. The van der Waals surface area contributed by atoms with Crippen molar-refractivity contribution in [2.24, 2.45) is 5.10 Å². The summed E-state index contributed by atoms with van der Waals surface area (Å²) in [7, 11) is 1.28. The molecule has 0 amide bonds. The Bertz CT molecular complexity index is 714. The zero-order valence-corrected chi connectivity index (χ0v) is 15.7. The molecule has 1 saturated heterocycles. The molecule has 154 valence electrons. The van der Waals surface area contributed by atoms with Crippen LogP contribution >= 0.6 is 0 Å². The van der Waals surface area contributed by atoms with Crippen LogP contribution in [0.1, 0.15) is 44.1 Å². The van der Waals surface area contributed by atoms with Crippen molar-refractivity contribution in [3.8, 4) is 0 Å². The summed E-state index contributed by atoms with van der Waals surface area (Å²) in [6, 6.07) is 4.64. The van der Waals surface area contributed by atoms with Crippen molar-refractivity contribution in [2.45, 2.75) is 44.7 Å². The maximum absolute atomic E-state index is 12.9. The van der Waals surface area contributed by atoms with Gasteiger partial charge >= 0.3 is 12.1 Å². The van der Waals surface area contributed by atoms with Gasteiger partial charge in [0.1, 0.15) is 0 Å². The van der Waals surface area contributed by atoms with Crippen LogP contribution in [0.25, 0.3) is 0 Å². The third-order valence-electron chi connectivity index (χ3n) is 4.40. The summed E-state index contributed by atoms with van der Waals surface area (Å²) in [6.45, 7) is 1.32. The molecular formula is C19H24F3N3O3. The number of Topliss-reactive ketones (excluding diaryl/α,β-unsaturated/α-hetero) is 1. The number of hydrogen-bond donors (Lipinski definition) is 1. The second-order valence-electron chi connectivity index (χ2n) is 6.53. The second-order valence-corrected chi connectivity index (χ2v) is 6.53. The van der Waals surface area contributed by atoms with Crippen LogP contribution in [0.3, 0.4) is 0 Å². The summed E-state index contributed by atoms with van der Waals surface area (Å²) in [5.41, 5.74) is 1.93. The number of rotatable bonds is 7. The zero-order valence-electron chi connectivity index (χ0n) is 15.7. The molecule has 0 aliphatic carbocycles. The standard InChI is InChI=1S/C19H24F3N3O3/c1-28-17(27)10-6-9-16(26)18(25-11-3-2-4-12-25)24-23-15-8-5-7-14(13-15)19(20,21)22/h5,7-8,13,23H,2-4,6,9-12H2,1H3/b24-18+. The predicted octanol–water partition coefficient (Wildman–Crippen LogP) is 3.83. The molecule has 0 spiro atoms. The fourth-order valence-corrected chi connectivity index (χ4v) is 2.90. The molecule has 28 heavy (non-hydrogen) atoms. The molecule has 0 radical (unpaired) electrons. The lowest BCUT2D eigenvalue weighted by atomic mass is 10.1. The van der Waals surface area contributed by atoms with Gasteiger partial charge in [-0.25, -0.2) is 0 Å². The number of likely N-dealkylation sites (tertiary alicyclic amines) is 1. The SMILES string of the molecule is COC(=O)CCCC(=O)/C(=N\Nc1cccc(C(F)(F)F)c1)N1CCCCC1. The van der Waals surface area contributed by atoms with Crippen molar-refractivity contribution in [2.75, 3.05) is 25.6 Å². The number of anilines is 1. The molecule has 1 aromatic carbocycles. The fraction of sp³-hybridized carbons (Fsp3) is 0.526. The van der Waals surface area contributed by atoms with Crippen molar-refractivity contribution in [3.05, 3.63) is 29.8 Å². The Hall–Kier alpha value is -2.58. The number of piperidine rings is 1. The topological polar surface area (TPSA) is 71.0 Å². The van der Waals surface area contributed by atoms with Gasteiger partial charge in [-0.1, -0.05) is 6.07 Å². The maximum atomic E-state index is 12.9. The molecule has 1 aliphatic rings. The minimum Gasteiger partial charge on any atom is -0.469 e. The molecular weight excluding hydrogens is 375 g/mol. The summed E-state index contributed by atoms with van der Waals surface area (Å²) >= 11 is 0. The molecule has 1 heterocycles. The first-order valence-electron chi connectivity index (χ1n) is 9.17. The lowest BCUT2D eigenvalue weighted by Gasteiger charge is -2.29. The molecule has 9 heteroatoms. The second kappa shape index (κ2) is 10.1. The van der Waals surface area contributed by atoms with E-state index in [9.17, 15) is 22.8 Å². The number of carbonyl (C=O) groups is 2. The normalized spacial score (nSPS) is 15.3. The lowest BCUT2D eigenvalue weighted by molar-refractivity contribution is -0.140. The number of methoxy groups -OCH3 is 1. The summed E-state index contributed by atoms with van der Waals surface area (Å²) in [5, 5.41) is 4.12. The van der Waals surface area contributed by atoms with Gasteiger partial charge in [-0.05, 0) is 43.9 Å². The number of nitrogens with zero attached hydrogens (tertiary/aromatic N) is 2. The van der Waals surface area contributed by atoms with Crippen LogP contribution in [0.4, 0.5) is 18.9 Å². The molecule has 0 aromatic heterocycles. The van der Waals surface area contributed by atoms with E-state index in [-0.39, 0.29) is 30.1 Å². The third-order valence-corrected chi connectivity index (χ3v) is 4.40. The number of nitrogens with one attached hydrogen (secondary N) is 1. The molecule has 2 rings (SSSR count). The Morgan fingerprint density at radius 3 is 2.54 bits per heavy atom. The number of amidine groups is 1. The van der Waals surface area contributed by atoms with Crippen molar-refractivity contribution >= 4 is 23.3 Å². The van der Waals surface area contributed by atoms with E-state index in [1.807, 2.05) is 4.90 Å². The Morgan fingerprint density at radius 1 is 1.18 bits per heavy atom. The van der Waals surface area contributed by atoms with Gasteiger partial charge in [-0.15, -0.1) is 0 Å². The summed E-state index contributed by atoms with van der Waals surface area (Å²) in [6.07, 6.45) is -1.02. The van der Waals surface area contributed by atoms with Crippen molar-refractivity contribution in [1.82, 2.24) is 4.90 Å². The van der Waals surface area contributed by atoms with E-state index in [1.165, 1.54) is 19.2 Å². The average molecular weight is 399 g/mol. The average Bonchev–Trinajstić information content (AvgIpc) is 2.68. The molecule has 0 bridgehead atoms. The molecule has 1 N–H and O–H groups in total. The highest BCUT2D eigenvalue weighted by atomic mass is 19.4. The van der Waals surface area contributed by atoms with Gasteiger partial charge in [-0.3, -0.25) is 15.0 Å². The van der Waals surface area contributed by atoms with Crippen molar-refractivity contribution in [3.63, 3.8) is 0 Å². The van der Waals surface area contributed by atoms with Crippen LogP contribution in [-0.4, -0.2) is 42.7 Å². The van der Waals surface area contributed by atoms with Crippen LogP contribution in [-0.2, 0) is 20.5 Å². The van der Waals surface area contributed by atoms with Gasteiger partial charge in [0.15, 0.2) is 11.6 Å². The van der Waals surface area contributed by atoms with Crippen LogP contribution in [0, 0.1) is 0 Å². The third kappa shape index (κ3) is 6.54. The van der Waals surface area contributed by atoms with E-state index >= 15 is 0 Å². The minimum atomic E-state index is -4.46. The number of ether oxygens (including phenoxy) is 1. The first kappa shape index (κ1) is 21.7. The van der Waals surface area contributed by atoms with Crippen LogP contribution in [0.2, 0.25) is 0 Å². The number of esters is 1. The summed E-state index contributed by atoms with van der Waals surface area (Å²) in [4.78, 5) is 25.7. The number of ketones is 1. The highest BCUT2D eigenvalue weighted by Crippen LogP contribution is 2.30. The van der Waals surface area contributed by atoms with E-state index in [1.54, 1.807) is 0 Å². The number of hydrogen-bond acceptors (Lipinski definition) is 5. The van der Waals surface area contributed by atoms with Crippen LogP contribution in [0.15, 0.2) is 29.4 Å². The molecule has 0 unspecified atom stereocenters. The first-order valence-corrected chi connectivity index (χ1v) is 9.17. The van der Waals surface area contributed by atoms with Crippen LogP contribution in [0.5, 0.6) is 0 Å². The highest BCUT2D eigenvalue weighted by Gasteiger charge is 2.30. The summed E-state index contributed by atoms with van der Waals surface area (Å²) < 4.78 is 43.1. The van der Waals surface area contributed by atoms with Crippen LogP contribution < -0.4 is 5.43 Å². The molecule has 0 saturated carbocycles. The molecule has 1 aromatic rings. The van der Waals surface area contributed by atoms with Crippen molar-refractivity contribution in [1.29, 1.82) is 0 Å². The minimum absolute atomic E-state index is 0.106. The lowest BCUT2D eigenvalue weighted by Crippen LogP contribution is -2.40. The van der Waals surface area contributed by atoms with Gasteiger partial charge in [0, 0.05) is 25.9 Å². The van der Waals surface area contributed by atoms with Gasteiger partial charge in [0.25, 0.3) is 0 Å². The van der Waals surface area contributed by atoms with Gasteiger partial charge in [-0.2, -0.15) is 18.3 Å². The zero-order chi connectivity index (χ0) is 20.6. The maximum Gasteiger partial charge on any atom is 0.416 e. The monoisotopic (exact) mass is 399 g/mol. The number of halogens is 3. The quantitative estimate of drug-likeness (QED) is 0.327. The Kier molecular flexibility index (Phi) is 7.83. The Labute approximate surface area is 161 Å². The highest BCUT2D eigenvalue weighted by molar-refractivity contribution is 6.38.